The number of amides is 1. The molecule has 0 bridgehead atoms. The number of rotatable bonds is 6. The van der Waals surface area contributed by atoms with Gasteiger partial charge in [0.1, 0.15) is 0 Å². The zero-order chi connectivity index (χ0) is 18.9. The van der Waals surface area contributed by atoms with Gasteiger partial charge >= 0.3 is 0 Å². The van der Waals surface area contributed by atoms with Gasteiger partial charge in [0.25, 0.3) is 5.91 Å². The number of carbonyl (C=O) groups is 1. The first kappa shape index (κ1) is 23.3. The lowest BCUT2D eigenvalue weighted by atomic mass is 10.1. The van der Waals surface area contributed by atoms with Gasteiger partial charge in [-0.15, -0.1) is 35.7 Å². The van der Waals surface area contributed by atoms with Gasteiger partial charge in [-0.2, -0.15) is 0 Å². The smallest absolute Gasteiger partial charge is 0.253 e. The average molecular weight is 498 g/mol. The van der Waals surface area contributed by atoms with Crippen molar-refractivity contribution < 1.29 is 4.79 Å². The van der Waals surface area contributed by atoms with Crippen molar-refractivity contribution in [3.05, 3.63) is 65.2 Å². The Morgan fingerprint density at radius 2 is 1.44 bits per heavy atom. The van der Waals surface area contributed by atoms with E-state index in [0.717, 1.165) is 11.5 Å². The molecular formula is C20H27IN4OS. The van der Waals surface area contributed by atoms with Gasteiger partial charge in [0.15, 0.2) is 5.96 Å². The molecule has 0 heterocycles. The molecule has 0 aliphatic carbocycles. The van der Waals surface area contributed by atoms with Crippen LogP contribution in [0.4, 0.5) is 0 Å². The van der Waals surface area contributed by atoms with Gasteiger partial charge in [0, 0.05) is 44.7 Å². The van der Waals surface area contributed by atoms with Crippen molar-refractivity contribution in [3.8, 4) is 0 Å². The van der Waals surface area contributed by atoms with Crippen LogP contribution in [0.1, 0.15) is 21.5 Å². The molecule has 5 nitrogen and oxygen atoms in total. The lowest BCUT2D eigenvalue weighted by Gasteiger charge is -2.13. The number of carbonyl (C=O) groups excluding carboxylic acids is 1. The normalized spacial score (nSPS) is 10.7. The van der Waals surface area contributed by atoms with Crippen LogP contribution in [0.2, 0.25) is 0 Å². The highest BCUT2D eigenvalue weighted by atomic mass is 127. The third-order valence-electron chi connectivity index (χ3n) is 3.91. The topological polar surface area (TPSA) is 56.7 Å². The fraction of sp³-hybridized carbons (Fsp3) is 0.300. The summed E-state index contributed by atoms with van der Waals surface area (Å²) in [6.07, 6.45) is 2.07. The van der Waals surface area contributed by atoms with Gasteiger partial charge < -0.3 is 15.5 Å². The van der Waals surface area contributed by atoms with Crippen molar-refractivity contribution in [2.45, 2.75) is 18.0 Å². The maximum atomic E-state index is 11.9. The minimum absolute atomic E-state index is 0. The number of guanidine groups is 1. The van der Waals surface area contributed by atoms with E-state index in [0.29, 0.717) is 18.7 Å². The van der Waals surface area contributed by atoms with Crippen molar-refractivity contribution in [1.82, 2.24) is 15.5 Å². The van der Waals surface area contributed by atoms with Gasteiger partial charge in [-0.05, 0) is 41.6 Å². The minimum Gasteiger partial charge on any atom is -0.352 e. The monoisotopic (exact) mass is 498 g/mol. The summed E-state index contributed by atoms with van der Waals surface area (Å²) in [6, 6.07) is 16.1. The fourth-order valence-corrected chi connectivity index (χ4v) is 2.77. The van der Waals surface area contributed by atoms with E-state index in [2.05, 4.69) is 46.1 Å². The number of aliphatic imine (C=N–C) groups is 1. The molecule has 0 aliphatic heterocycles. The lowest BCUT2D eigenvalue weighted by Crippen LogP contribution is -2.36. The molecule has 0 atom stereocenters. The largest absolute Gasteiger partial charge is 0.352 e. The summed E-state index contributed by atoms with van der Waals surface area (Å²) in [7, 11) is 5.26. The molecule has 0 fully saturated rings. The third-order valence-corrected chi connectivity index (χ3v) is 4.65. The number of benzene rings is 2. The molecule has 2 rings (SSSR count). The molecule has 0 aromatic heterocycles. The molecular weight excluding hydrogens is 471 g/mol. The Hall–Kier alpha value is -1.74. The van der Waals surface area contributed by atoms with Gasteiger partial charge in [-0.3, -0.25) is 9.79 Å². The Morgan fingerprint density at radius 1 is 0.963 bits per heavy atom. The van der Waals surface area contributed by atoms with Crippen molar-refractivity contribution in [1.29, 1.82) is 0 Å². The lowest BCUT2D eigenvalue weighted by molar-refractivity contribution is 0.0827. The summed E-state index contributed by atoms with van der Waals surface area (Å²) in [5.41, 5.74) is 2.99. The molecule has 1 amide bonds. The van der Waals surface area contributed by atoms with Crippen LogP contribution in [0, 0.1) is 0 Å². The average Bonchev–Trinajstić information content (AvgIpc) is 2.68. The van der Waals surface area contributed by atoms with E-state index in [1.807, 2.05) is 24.3 Å². The summed E-state index contributed by atoms with van der Waals surface area (Å²) < 4.78 is 0. The number of nitrogens with one attached hydrogen (secondary N) is 2. The van der Waals surface area contributed by atoms with Gasteiger partial charge in [0.05, 0.1) is 0 Å². The van der Waals surface area contributed by atoms with E-state index in [1.54, 1.807) is 37.8 Å². The Balaban J connectivity index is 0.00000364. The summed E-state index contributed by atoms with van der Waals surface area (Å²) in [6.45, 7) is 1.35. The van der Waals surface area contributed by atoms with Crippen molar-refractivity contribution in [2.75, 3.05) is 27.4 Å². The third kappa shape index (κ3) is 7.42. The summed E-state index contributed by atoms with van der Waals surface area (Å²) in [4.78, 5) is 19.0. The predicted octanol–water partition coefficient (Wildman–Crippen LogP) is 3.59. The molecule has 0 saturated carbocycles. The molecule has 2 N–H and O–H groups in total. The van der Waals surface area contributed by atoms with Crippen LogP contribution < -0.4 is 10.6 Å². The predicted molar refractivity (Wildman–Crippen MR) is 125 cm³/mol. The first-order valence-corrected chi connectivity index (χ1v) is 9.64. The van der Waals surface area contributed by atoms with E-state index in [1.165, 1.54) is 10.5 Å². The van der Waals surface area contributed by atoms with Crippen LogP contribution in [0.5, 0.6) is 0 Å². The fourth-order valence-electron chi connectivity index (χ4n) is 2.36. The number of thioether (sulfide) groups is 1. The van der Waals surface area contributed by atoms with Crippen LogP contribution in [0.15, 0.2) is 58.4 Å². The van der Waals surface area contributed by atoms with Gasteiger partial charge in [0.2, 0.25) is 0 Å². The van der Waals surface area contributed by atoms with Crippen molar-refractivity contribution in [3.63, 3.8) is 0 Å². The highest BCUT2D eigenvalue weighted by Crippen LogP contribution is 2.14. The second-order valence-electron chi connectivity index (χ2n) is 6.02. The van der Waals surface area contributed by atoms with Crippen LogP contribution >= 0.6 is 35.7 Å². The molecule has 0 aliphatic rings. The van der Waals surface area contributed by atoms with E-state index in [9.17, 15) is 4.79 Å². The highest BCUT2D eigenvalue weighted by molar-refractivity contribution is 14.0. The zero-order valence-corrected chi connectivity index (χ0v) is 19.3. The molecule has 27 heavy (non-hydrogen) atoms. The molecule has 146 valence electrons. The Bertz CT molecular complexity index is 746. The molecule has 0 unspecified atom stereocenters. The van der Waals surface area contributed by atoms with Gasteiger partial charge in [-0.1, -0.05) is 24.3 Å². The molecule has 2 aromatic carbocycles. The number of hydrogen-bond acceptors (Lipinski definition) is 3. The van der Waals surface area contributed by atoms with Crippen LogP contribution in [0.25, 0.3) is 0 Å². The molecule has 7 heteroatoms. The Kier molecular flexibility index (Phi) is 10.2. The first-order valence-electron chi connectivity index (χ1n) is 8.41. The molecule has 0 radical (unpaired) electrons. The van der Waals surface area contributed by atoms with E-state index < -0.39 is 0 Å². The SMILES string of the molecule is CN=C(NCc1ccc(SC)cc1)NCc1ccc(C(=O)N(C)C)cc1.I. The maximum Gasteiger partial charge on any atom is 0.253 e. The summed E-state index contributed by atoms with van der Waals surface area (Å²) in [5, 5.41) is 6.60. The van der Waals surface area contributed by atoms with E-state index >= 15 is 0 Å². The standard InChI is InChI=1S/C20H26N4OS.HI/c1-21-20(23-14-16-7-11-18(26-4)12-8-16)22-13-15-5-9-17(10-6-15)19(25)24(2)3;/h5-12H,13-14H2,1-4H3,(H2,21,22,23);1H. The van der Waals surface area contributed by atoms with Gasteiger partial charge in [-0.25, -0.2) is 0 Å². The van der Waals surface area contributed by atoms with Crippen molar-refractivity contribution in [2.24, 2.45) is 4.99 Å². The van der Waals surface area contributed by atoms with Crippen LogP contribution in [0.3, 0.4) is 0 Å². The minimum atomic E-state index is 0. The maximum absolute atomic E-state index is 11.9. The second-order valence-corrected chi connectivity index (χ2v) is 6.90. The Morgan fingerprint density at radius 3 is 1.85 bits per heavy atom. The zero-order valence-electron chi connectivity index (χ0n) is 16.2. The number of nitrogens with zero attached hydrogens (tertiary/aromatic N) is 2. The van der Waals surface area contributed by atoms with Crippen molar-refractivity contribution >= 4 is 47.6 Å². The van der Waals surface area contributed by atoms with Crippen LogP contribution in [-0.4, -0.2) is 44.2 Å². The second kappa shape index (κ2) is 11.9. The molecule has 2 aromatic rings. The summed E-state index contributed by atoms with van der Waals surface area (Å²) >= 11 is 1.74. The quantitative estimate of drug-likeness (QED) is 0.277. The van der Waals surface area contributed by atoms with Crippen LogP contribution in [-0.2, 0) is 13.1 Å². The first-order chi connectivity index (χ1) is 12.5. The molecule has 0 saturated heterocycles. The molecule has 0 spiro atoms. The van der Waals surface area contributed by atoms with E-state index in [-0.39, 0.29) is 29.9 Å². The van der Waals surface area contributed by atoms with E-state index in [4.69, 9.17) is 0 Å². The number of hydrogen-bond donors (Lipinski definition) is 2. The highest BCUT2D eigenvalue weighted by Gasteiger charge is 2.07. The summed E-state index contributed by atoms with van der Waals surface area (Å²) in [5.74, 6) is 0.752. The Labute approximate surface area is 183 Å². The number of halogens is 1.